The van der Waals surface area contributed by atoms with E-state index in [2.05, 4.69) is 0 Å². The third-order valence-corrected chi connectivity index (χ3v) is 3.22. The molecule has 0 spiro atoms. The van der Waals surface area contributed by atoms with Gasteiger partial charge in [-0.15, -0.1) is 0 Å². The van der Waals surface area contributed by atoms with Crippen molar-refractivity contribution < 1.29 is 14.3 Å². The Bertz CT molecular complexity index is 585. The fraction of sp³-hybridized carbons (Fsp3) is 0.278. The summed E-state index contributed by atoms with van der Waals surface area (Å²) in [5.41, 5.74) is 3.24. The van der Waals surface area contributed by atoms with Gasteiger partial charge in [0.05, 0.1) is 6.61 Å². The predicted molar refractivity (Wildman–Crippen MR) is 83.2 cm³/mol. The fourth-order valence-corrected chi connectivity index (χ4v) is 2.17. The SMILES string of the molecule is CCOc1ccc(-c2ccc(C(C)OC(C)=O)cc2)cc1. The Morgan fingerprint density at radius 3 is 2.00 bits per heavy atom. The third kappa shape index (κ3) is 4.09. The maximum Gasteiger partial charge on any atom is 0.303 e. The minimum absolute atomic E-state index is 0.225. The van der Waals surface area contributed by atoms with Crippen LogP contribution in [-0.2, 0) is 9.53 Å². The van der Waals surface area contributed by atoms with Gasteiger partial charge in [-0.3, -0.25) is 4.79 Å². The van der Waals surface area contributed by atoms with E-state index >= 15 is 0 Å². The molecular weight excluding hydrogens is 264 g/mol. The fourth-order valence-electron chi connectivity index (χ4n) is 2.17. The van der Waals surface area contributed by atoms with Crippen LogP contribution in [-0.4, -0.2) is 12.6 Å². The summed E-state index contributed by atoms with van der Waals surface area (Å²) in [7, 11) is 0. The molecule has 0 heterocycles. The topological polar surface area (TPSA) is 35.5 Å². The summed E-state index contributed by atoms with van der Waals surface area (Å²) in [5.74, 6) is 0.611. The molecule has 21 heavy (non-hydrogen) atoms. The lowest BCUT2D eigenvalue weighted by Crippen LogP contribution is -2.04. The number of rotatable bonds is 5. The standard InChI is InChI=1S/C18H20O3/c1-4-20-18-11-9-17(10-12-18)16-7-5-15(6-8-16)13(2)21-14(3)19/h5-13H,4H2,1-3H3. The predicted octanol–water partition coefficient (Wildman–Crippen LogP) is 4.38. The Hall–Kier alpha value is -2.29. The van der Waals surface area contributed by atoms with Crippen LogP contribution in [0.5, 0.6) is 5.75 Å². The summed E-state index contributed by atoms with van der Waals surface area (Å²) < 4.78 is 10.6. The van der Waals surface area contributed by atoms with Crippen molar-refractivity contribution >= 4 is 5.97 Å². The Morgan fingerprint density at radius 2 is 1.52 bits per heavy atom. The van der Waals surface area contributed by atoms with E-state index in [0.717, 1.165) is 22.4 Å². The van der Waals surface area contributed by atoms with Gasteiger partial charge in [-0.05, 0) is 42.7 Å². The second-order valence-corrected chi connectivity index (χ2v) is 4.83. The number of benzene rings is 2. The van der Waals surface area contributed by atoms with Crippen LogP contribution >= 0.6 is 0 Å². The molecule has 0 amide bonds. The number of hydrogen-bond donors (Lipinski definition) is 0. The van der Waals surface area contributed by atoms with E-state index in [9.17, 15) is 4.79 Å². The molecule has 0 saturated heterocycles. The first-order valence-electron chi connectivity index (χ1n) is 7.10. The number of hydrogen-bond acceptors (Lipinski definition) is 3. The molecule has 2 rings (SSSR count). The Balaban J connectivity index is 2.12. The molecule has 0 aliphatic heterocycles. The molecule has 2 aromatic rings. The normalized spacial score (nSPS) is 11.8. The van der Waals surface area contributed by atoms with Crippen LogP contribution in [0.4, 0.5) is 0 Å². The molecule has 0 N–H and O–H groups in total. The van der Waals surface area contributed by atoms with Crippen LogP contribution in [0.2, 0.25) is 0 Å². The van der Waals surface area contributed by atoms with E-state index in [1.807, 2.05) is 62.4 Å². The van der Waals surface area contributed by atoms with Crippen LogP contribution in [0.1, 0.15) is 32.4 Å². The van der Waals surface area contributed by atoms with E-state index in [1.165, 1.54) is 6.92 Å². The quantitative estimate of drug-likeness (QED) is 0.764. The highest BCUT2D eigenvalue weighted by Crippen LogP contribution is 2.25. The van der Waals surface area contributed by atoms with Crippen LogP contribution < -0.4 is 4.74 Å². The van der Waals surface area contributed by atoms with Crippen molar-refractivity contribution in [3.63, 3.8) is 0 Å². The van der Waals surface area contributed by atoms with Gasteiger partial charge in [0.15, 0.2) is 0 Å². The molecule has 0 aromatic heterocycles. The van der Waals surface area contributed by atoms with Gasteiger partial charge in [0.25, 0.3) is 0 Å². The molecule has 3 nitrogen and oxygen atoms in total. The molecule has 0 aliphatic carbocycles. The Kier molecular flexibility index (Phi) is 4.99. The van der Waals surface area contributed by atoms with Crippen LogP contribution in [0.3, 0.4) is 0 Å². The smallest absolute Gasteiger partial charge is 0.303 e. The van der Waals surface area contributed by atoms with Crippen molar-refractivity contribution in [3.05, 3.63) is 54.1 Å². The zero-order chi connectivity index (χ0) is 15.2. The lowest BCUT2D eigenvalue weighted by atomic mass is 10.0. The third-order valence-electron chi connectivity index (χ3n) is 3.22. The molecule has 1 atom stereocenters. The minimum Gasteiger partial charge on any atom is -0.494 e. The zero-order valence-corrected chi connectivity index (χ0v) is 12.6. The van der Waals surface area contributed by atoms with Crippen LogP contribution in [0.15, 0.2) is 48.5 Å². The van der Waals surface area contributed by atoms with E-state index in [0.29, 0.717) is 6.61 Å². The van der Waals surface area contributed by atoms with Gasteiger partial charge in [-0.1, -0.05) is 36.4 Å². The van der Waals surface area contributed by atoms with Crippen molar-refractivity contribution in [2.45, 2.75) is 26.9 Å². The monoisotopic (exact) mass is 284 g/mol. The molecule has 3 heteroatoms. The maximum atomic E-state index is 11.0. The molecule has 1 unspecified atom stereocenters. The second kappa shape index (κ2) is 6.93. The first-order valence-corrected chi connectivity index (χ1v) is 7.10. The van der Waals surface area contributed by atoms with Crippen molar-refractivity contribution in [3.8, 4) is 16.9 Å². The first-order chi connectivity index (χ1) is 10.1. The highest BCUT2D eigenvalue weighted by atomic mass is 16.5. The van der Waals surface area contributed by atoms with E-state index in [1.54, 1.807) is 0 Å². The highest BCUT2D eigenvalue weighted by Gasteiger charge is 2.08. The molecule has 0 saturated carbocycles. The molecule has 0 bridgehead atoms. The summed E-state index contributed by atoms with van der Waals surface area (Å²) in [5, 5.41) is 0. The van der Waals surface area contributed by atoms with Crippen molar-refractivity contribution in [2.75, 3.05) is 6.61 Å². The molecular formula is C18H20O3. The van der Waals surface area contributed by atoms with Gasteiger partial charge in [-0.25, -0.2) is 0 Å². The van der Waals surface area contributed by atoms with E-state index in [-0.39, 0.29) is 12.1 Å². The van der Waals surface area contributed by atoms with Crippen LogP contribution in [0, 0.1) is 0 Å². The summed E-state index contributed by atoms with van der Waals surface area (Å²) in [6.45, 7) is 5.93. The van der Waals surface area contributed by atoms with Crippen molar-refractivity contribution in [1.82, 2.24) is 0 Å². The first kappa shape index (κ1) is 15.1. The highest BCUT2D eigenvalue weighted by molar-refractivity contribution is 5.67. The number of carbonyl (C=O) groups is 1. The summed E-state index contributed by atoms with van der Waals surface area (Å²) >= 11 is 0. The molecule has 110 valence electrons. The van der Waals surface area contributed by atoms with Crippen molar-refractivity contribution in [1.29, 1.82) is 0 Å². The van der Waals surface area contributed by atoms with E-state index in [4.69, 9.17) is 9.47 Å². The van der Waals surface area contributed by atoms with Crippen molar-refractivity contribution in [2.24, 2.45) is 0 Å². The summed E-state index contributed by atoms with van der Waals surface area (Å²) in [6.07, 6.45) is -0.225. The largest absolute Gasteiger partial charge is 0.494 e. The maximum absolute atomic E-state index is 11.0. The van der Waals surface area contributed by atoms with E-state index < -0.39 is 0 Å². The minimum atomic E-state index is -0.266. The Labute approximate surface area is 125 Å². The van der Waals surface area contributed by atoms with Gasteiger partial charge in [-0.2, -0.15) is 0 Å². The molecule has 0 radical (unpaired) electrons. The van der Waals surface area contributed by atoms with Crippen LogP contribution in [0.25, 0.3) is 11.1 Å². The Morgan fingerprint density at radius 1 is 1.00 bits per heavy atom. The summed E-state index contributed by atoms with van der Waals surface area (Å²) in [4.78, 5) is 11.0. The van der Waals surface area contributed by atoms with Gasteiger partial charge < -0.3 is 9.47 Å². The molecule has 2 aromatic carbocycles. The van der Waals surface area contributed by atoms with Gasteiger partial charge in [0, 0.05) is 6.92 Å². The zero-order valence-electron chi connectivity index (χ0n) is 12.6. The lowest BCUT2D eigenvalue weighted by molar-refractivity contribution is -0.145. The molecule has 0 aliphatic rings. The number of carbonyl (C=O) groups excluding carboxylic acids is 1. The lowest BCUT2D eigenvalue weighted by Gasteiger charge is -2.12. The molecule has 0 fully saturated rings. The average Bonchev–Trinajstić information content (AvgIpc) is 2.48. The average molecular weight is 284 g/mol. The summed E-state index contributed by atoms with van der Waals surface area (Å²) in [6, 6.07) is 16.0. The van der Waals surface area contributed by atoms with Gasteiger partial charge in [0.2, 0.25) is 0 Å². The van der Waals surface area contributed by atoms with Gasteiger partial charge in [0.1, 0.15) is 11.9 Å². The second-order valence-electron chi connectivity index (χ2n) is 4.83. The number of esters is 1. The number of ether oxygens (including phenoxy) is 2. The van der Waals surface area contributed by atoms with Gasteiger partial charge >= 0.3 is 5.97 Å².